The molecule has 0 spiro atoms. The fraction of sp³-hybridized carbons (Fsp3) is 0.250. The van der Waals surface area contributed by atoms with Crippen molar-refractivity contribution in [3.63, 3.8) is 0 Å². The van der Waals surface area contributed by atoms with Crippen molar-refractivity contribution in [2.75, 3.05) is 5.73 Å². The number of nitrogens with two attached hydrogens (primary N) is 1. The highest BCUT2D eigenvalue weighted by Gasteiger charge is 2.18. The second-order valence-electron chi connectivity index (χ2n) is 3.76. The van der Waals surface area contributed by atoms with Crippen LogP contribution < -0.4 is 5.73 Å². The van der Waals surface area contributed by atoms with Crippen molar-refractivity contribution in [3.8, 4) is 0 Å². The minimum atomic E-state index is -0.337. The average molecular weight is 295 g/mol. The molecule has 19 heavy (non-hydrogen) atoms. The molecule has 0 aliphatic rings. The Morgan fingerprint density at radius 1 is 1.42 bits per heavy atom. The van der Waals surface area contributed by atoms with Crippen LogP contribution in [0.25, 0.3) is 0 Å². The van der Waals surface area contributed by atoms with Crippen LogP contribution >= 0.6 is 23.1 Å². The van der Waals surface area contributed by atoms with E-state index in [2.05, 4.69) is 10.2 Å². The summed E-state index contributed by atoms with van der Waals surface area (Å²) in [4.78, 5) is 11.8. The Morgan fingerprint density at radius 3 is 2.79 bits per heavy atom. The van der Waals surface area contributed by atoms with Crippen LogP contribution in [-0.4, -0.2) is 21.4 Å². The summed E-state index contributed by atoms with van der Waals surface area (Å²) < 4.78 is 5.90. The molecule has 0 aliphatic heterocycles. The fourth-order valence-electron chi connectivity index (χ4n) is 1.31. The van der Waals surface area contributed by atoms with E-state index < -0.39 is 0 Å². The molecule has 1 heterocycles. The topological polar surface area (TPSA) is 78.1 Å². The molecular formula is C12H13N3O2S2. The van der Waals surface area contributed by atoms with E-state index >= 15 is 0 Å². The van der Waals surface area contributed by atoms with Gasteiger partial charge in [0.15, 0.2) is 4.34 Å². The molecule has 2 aromatic rings. The lowest BCUT2D eigenvalue weighted by Crippen LogP contribution is -2.16. The number of nitrogen functional groups attached to an aromatic ring is 1. The van der Waals surface area contributed by atoms with E-state index in [4.69, 9.17) is 10.5 Å². The molecule has 0 saturated carbocycles. The van der Waals surface area contributed by atoms with Crippen LogP contribution in [0.2, 0.25) is 0 Å². The first kappa shape index (κ1) is 13.8. The van der Waals surface area contributed by atoms with Gasteiger partial charge in [-0.05, 0) is 12.5 Å². The minimum Gasteiger partial charge on any atom is -0.460 e. The van der Waals surface area contributed by atoms with Crippen molar-refractivity contribution in [2.24, 2.45) is 0 Å². The number of anilines is 1. The predicted octanol–water partition coefficient (Wildman–Crippen LogP) is 2.34. The number of benzene rings is 1. The highest BCUT2D eigenvalue weighted by atomic mass is 32.2. The quantitative estimate of drug-likeness (QED) is 0.674. The number of thioether (sulfide) groups is 1. The summed E-state index contributed by atoms with van der Waals surface area (Å²) >= 11 is 2.56. The van der Waals surface area contributed by atoms with Crippen molar-refractivity contribution in [3.05, 3.63) is 35.9 Å². The molecule has 0 radical (unpaired) electrons. The molecule has 0 aliphatic carbocycles. The third-order valence-electron chi connectivity index (χ3n) is 2.26. The average Bonchev–Trinajstić information content (AvgIpc) is 2.82. The van der Waals surface area contributed by atoms with Gasteiger partial charge in [0.2, 0.25) is 5.13 Å². The summed E-state index contributed by atoms with van der Waals surface area (Å²) in [5.74, 6) is -0.275. The fourth-order valence-corrected chi connectivity index (χ4v) is 3.09. The molecule has 1 unspecified atom stereocenters. The molecule has 0 fully saturated rings. The molecule has 100 valence electrons. The Morgan fingerprint density at radius 2 is 2.16 bits per heavy atom. The van der Waals surface area contributed by atoms with E-state index in [1.54, 1.807) is 6.92 Å². The maximum absolute atomic E-state index is 11.8. The van der Waals surface area contributed by atoms with Gasteiger partial charge in [0.1, 0.15) is 11.9 Å². The number of carbonyl (C=O) groups is 1. The third kappa shape index (κ3) is 4.22. The lowest BCUT2D eigenvalue weighted by Gasteiger charge is -2.09. The van der Waals surface area contributed by atoms with Gasteiger partial charge in [-0.1, -0.05) is 53.4 Å². The van der Waals surface area contributed by atoms with Gasteiger partial charge in [-0.25, -0.2) is 0 Å². The second kappa shape index (κ2) is 6.53. The summed E-state index contributed by atoms with van der Waals surface area (Å²) in [6, 6.07) is 9.56. The first-order valence-electron chi connectivity index (χ1n) is 5.61. The van der Waals surface area contributed by atoms with Crippen molar-refractivity contribution in [1.29, 1.82) is 0 Å². The van der Waals surface area contributed by atoms with Gasteiger partial charge in [0.25, 0.3) is 0 Å². The highest BCUT2D eigenvalue weighted by molar-refractivity contribution is 8.02. The summed E-state index contributed by atoms with van der Waals surface area (Å²) in [7, 11) is 0. The SMILES string of the molecule is CC(Sc1nnc(N)s1)C(=O)OCc1ccccc1. The first-order valence-corrected chi connectivity index (χ1v) is 7.31. The van der Waals surface area contributed by atoms with E-state index in [9.17, 15) is 4.79 Å². The largest absolute Gasteiger partial charge is 0.460 e. The van der Waals surface area contributed by atoms with Crippen molar-refractivity contribution in [2.45, 2.75) is 23.1 Å². The summed E-state index contributed by atoms with van der Waals surface area (Å²) in [6.07, 6.45) is 0. The minimum absolute atomic E-state index is 0.275. The Kier molecular flexibility index (Phi) is 4.75. The monoisotopic (exact) mass is 295 g/mol. The van der Waals surface area contributed by atoms with Crippen LogP contribution in [0.3, 0.4) is 0 Å². The lowest BCUT2D eigenvalue weighted by molar-refractivity contribution is -0.143. The number of hydrogen-bond acceptors (Lipinski definition) is 7. The van der Waals surface area contributed by atoms with Gasteiger partial charge in [-0.15, -0.1) is 10.2 Å². The van der Waals surface area contributed by atoms with E-state index in [-0.39, 0.29) is 17.8 Å². The number of rotatable bonds is 5. The third-order valence-corrected chi connectivity index (χ3v) is 4.17. The van der Waals surface area contributed by atoms with Gasteiger partial charge < -0.3 is 10.5 Å². The molecule has 0 amide bonds. The molecule has 0 bridgehead atoms. The molecule has 7 heteroatoms. The summed E-state index contributed by atoms with van der Waals surface area (Å²) in [5.41, 5.74) is 6.45. The van der Waals surface area contributed by atoms with Crippen LogP contribution in [0.1, 0.15) is 12.5 Å². The summed E-state index contributed by atoms with van der Waals surface area (Å²) in [6.45, 7) is 2.05. The van der Waals surface area contributed by atoms with Gasteiger partial charge in [-0.2, -0.15) is 0 Å². The summed E-state index contributed by atoms with van der Waals surface area (Å²) in [5, 5.41) is 7.61. The Bertz CT molecular complexity index is 545. The highest BCUT2D eigenvalue weighted by Crippen LogP contribution is 2.28. The number of hydrogen-bond donors (Lipinski definition) is 1. The van der Waals surface area contributed by atoms with Crippen molar-refractivity contribution in [1.82, 2.24) is 10.2 Å². The van der Waals surface area contributed by atoms with Gasteiger partial charge in [-0.3, -0.25) is 4.79 Å². The Labute approximate surface area is 119 Å². The van der Waals surface area contributed by atoms with Crippen LogP contribution in [0.4, 0.5) is 5.13 Å². The molecule has 0 saturated heterocycles. The molecule has 1 aromatic carbocycles. The van der Waals surface area contributed by atoms with E-state index in [1.165, 1.54) is 23.1 Å². The normalized spacial score (nSPS) is 12.1. The van der Waals surface area contributed by atoms with Crippen LogP contribution in [0.5, 0.6) is 0 Å². The van der Waals surface area contributed by atoms with E-state index in [1.807, 2.05) is 30.3 Å². The maximum atomic E-state index is 11.8. The molecule has 2 rings (SSSR count). The molecular weight excluding hydrogens is 282 g/mol. The van der Waals surface area contributed by atoms with Crippen molar-refractivity contribution >= 4 is 34.2 Å². The van der Waals surface area contributed by atoms with Crippen molar-refractivity contribution < 1.29 is 9.53 Å². The molecule has 1 atom stereocenters. The number of ether oxygens (including phenoxy) is 1. The zero-order chi connectivity index (χ0) is 13.7. The molecule has 1 aromatic heterocycles. The number of nitrogens with zero attached hydrogens (tertiary/aromatic N) is 2. The van der Waals surface area contributed by atoms with E-state index in [0.29, 0.717) is 9.47 Å². The van der Waals surface area contributed by atoms with Gasteiger partial charge >= 0.3 is 5.97 Å². The lowest BCUT2D eigenvalue weighted by atomic mass is 10.2. The van der Waals surface area contributed by atoms with Crippen LogP contribution in [0.15, 0.2) is 34.7 Å². The number of carbonyl (C=O) groups excluding carboxylic acids is 1. The smallest absolute Gasteiger partial charge is 0.319 e. The Balaban J connectivity index is 1.82. The second-order valence-corrected chi connectivity index (χ2v) is 6.36. The molecule has 2 N–H and O–H groups in total. The standard InChI is InChI=1S/C12H13N3O2S2/c1-8(18-12-15-14-11(13)19-12)10(16)17-7-9-5-3-2-4-6-9/h2-6,8H,7H2,1H3,(H2,13,14). The van der Waals surface area contributed by atoms with Crippen LogP contribution in [-0.2, 0) is 16.1 Å². The van der Waals surface area contributed by atoms with E-state index in [0.717, 1.165) is 5.56 Å². The molecule has 5 nitrogen and oxygen atoms in total. The first-order chi connectivity index (χ1) is 9.15. The zero-order valence-corrected chi connectivity index (χ0v) is 11.9. The maximum Gasteiger partial charge on any atom is 0.319 e. The zero-order valence-electron chi connectivity index (χ0n) is 10.3. The predicted molar refractivity (Wildman–Crippen MR) is 75.9 cm³/mol. The Hall–Kier alpha value is -1.60. The number of esters is 1. The van der Waals surface area contributed by atoms with Crippen LogP contribution in [0, 0.1) is 0 Å². The van der Waals surface area contributed by atoms with Gasteiger partial charge in [0.05, 0.1) is 0 Å². The number of aromatic nitrogens is 2. The van der Waals surface area contributed by atoms with Gasteiger partial charge in [0, 0.05) is 0 Å².